The summed E-state index contributed by atoms with van der Waals surface area (Å²) in [6.07, 6.45) is 9.40. The van der Waals surface area contributed by atoms with Gasteiger partial charge in [0.2, 0.25) is 0 Å². The second kappa shape index (κ2) is 7.01. The first-order valence-electron chi connectivity index (χ1n) is 8.48. The number of pyridine rings is 3. The Morgan fingerprint density at radius 1 is 1.12 bits per heavy atom. The van der Waals surface area contributed by atoms with Crippen molar-refractivity contribution in [3.05, 3.63) is 77.5 Å². The Morgan fingerprint density at radius 2 is 1.96 bits per heavy atom. The van der Waals surface area contributed by atoms with E-state index in [0.29, 0.717) is 24.2 Å². The predicted octanol–water partition coefficient (Wildman–Crippen LogP) is 2.80. The maximum atomic E-state index is 12.0. The molecule has 0 bridgehead atoms. The molecule has 0 radical (unpaired) electrons. The summed E-state index contributed by atoms with van der Waals surface area (Å²) in [5.74, 6) is -0.934. The van der Waals surface area contributed by atoms with Crippen LogP contribution in [-0.2, 0) is 19.5 Å². The fourth-order valence-electron chi connectivity index (χ4n) is 3.43. The minimum Gasteiger partial charge on any atom is -0.478 e. The van der Waals surface area contributed by atoms with Crippen molar-refractivity contribution in [3.8, 4) is 11.3 Å². The Kier molecular flexibility index (Phi) is 4.41. The summed E-state index contributed by atoms with van der Waals surface area (Å²) >= 11 is 0. The van der Waals surface area contributed by atoms with Gasteiger partial charge < -0.3 is 5.11 Å². The Labute approximate surface area is 151 Å². The van der Waals surface area contributed by atoms with Gasteiger partial charge in [-0.05, 0) is 47.4 Å². The highest BCUT2D eigenvalue weighted by Gasteiger charge is 2.25. The minimum absolute atomic E-state index is 0.305. The van der Waals surface area contributed by atoms with E-state index in [0.717, 1.165) is 29.8 Å². The summed E-state index contributed by atoms with van der Waals surface area (Å²) < 4.78 is 0. The molecule has 0 aliphatic carbocycles. The summed E-state index contributed by atoms with van der Waals surface area (Å²) in [6, 6.07) is 7.63. The number of hydrogen-bond acceptors (Lipinski definition) is 5. The van der Waals surface area contributed by atoms with Crippen LogP contribution in [0, 0.1) is 0 Å². The predicted molar refractivity (Wildman–Crippen MR) is 96.5 cm³/mol. The van der Waals surface area contributed by atoms with Crippen molar-refractivity contribution >= 4 is 5.97 Å². The lowest BCUT2D eigenvalue weighted by Gasteiger charge is -2.29. The molecule has 0 unspecified atom stereocenters. The highest BCUT2D eigenvalue weighted by molar-refractivity contribution is 5.96. The first-order valence-corrected chi connectivity index (χ1v) is 8.48. The molecule has 0 saturated heterocycles. The Hall–Kier alpha value is -3.12. The van der Waals surface area contributed by atoms with E-state index in [2.05, 4.69) is 19.9 Å². The molecule has 0 aromatic carbocycles. The van der Waals surface area contributed by atoms with Crippen molar-refractivity contribution in [2.45, 2.75) is 19.5 Å². The number of carboxylic acids is 1. The third-order valence-electron chi connectivity index (χ3n) is 4.65. The van der Waals surface area contributed by atoms with Crippen LogP contribution in [0.2, 0.25) is 0 Å². The largest absolute Gasteiger partial charge is 0.478 e. The van der Waals surface area contributed by atoms with Crippen LogP contribution in [0.4, 0.5) is 0 Å². The third kappa shape index (κ3) is 3.19. The van der Waals surface area contributed by atoms with Crippen LogP contribution < -0.4 is 0 Å². The maximum absolute atomic E-state index is 12.0. The van der Waals surface area contributed by atoms with Gasteiger partial charge in [-0.25, -0.2) is 4.79 Å². The molecule has 1 aliphatic heterocycles. The molecular weight excluding hydrogens is 328 g/mol. The number of hydrogen-bond donors (Lipinski definition) is 1. The molecule has 3 aromatic rings. The van der Waals surface area contributed by atoms with Gasteiger partial charge in [-0.2, -0.15) is 0 Å². The van der Waals surface area contributed by atoms with Crippen LogP contribution in [0.1, 0.15) is 27.0 Å². The molecule has 1 aliphatic rings. The topological polar surface area (TPSA) is 79.2 Å². The number of carboxylic acid groups (broad SMARTS) is 1. The van der Waals surface area contributed by atoms with E-state index in [-0.39, 0.29) is 0 Å². The van der Waals surface area contributed by atoms with Gasteiger partial charge in [0.25, 0.3) is 0 Å². The molecule has 6 heteroatoms. The molecule has 3 aromatic heterocycles. The minimum atomic E-state index is -0.934. The number of nitrogens with zero attached hydrogens (tertiary/aromatic N) is 4. The van der Waals surface area contributed by atoms with Crippen molar-refractivity contribution in [2.75, 3.05) is 6.54 Å². The molecule has 26 heavy (non-hydrogen) atoms. The molecule has 130 valence electrons. The quantitative estimate of drug-likeness (QED) is 0.782. The monoisotopic (exact) mass is 346 g/mol. The van der Waals surface area contributed by atoms with E-state index >= 15 is 0 Å². The van der Waals surface area contributed by atoms with E-state index in [1.165, 1.54) is 5.56 Å². The van der Waals surface area contributed by atoms with Crippen LogP contribution in [0.15, 0.2) is 55.2 Å². The Balaban J connectivity index is 1.67. The van der Waals surface area contributed by atoms with Gasteiger partial charge in [0.15, 0.2) is 0 Å². The number of fused-ring (bicyclic) bond motifs is 1. The first-order chi connectivity index (χ1) is 12.7. The highest BCUT2D eigenvalue weighted by atomic mass is 16.4. The zero-order chi connectivity index (χ0) is 17.9. The van der Waals surface area contributed by atoms with Gasteiger partial charge in [-0.1, -0.05) is 0 Å². The summed E-state index contributed by atoms with van der Waals surface area (Å²) in [5, 5.41) is 9.80. The second-order valence-electron chi connectivity index (χ2n) is 6.35. The fraction of sp³-hybridized carbons (Fsp3) is 0.200. The molecule has 0 fully saturated rings. The van der Waals surface area contributed by atoms with Crippen molar-refractivity contribution in [3.63, 3.8) is 0 Å². The number of aromatic carboxylic acids is 1. The lowest BCUT2D eigenvalue weighted by Crippen LogP contribution is -2.31. The van der Waals surface area contributed by atoms with Crippen LogP contribution in [0.3, 0.4) is 0 Å². The van der Waals surface area contributed by atoms with Crippen molar-refractivity contribution < 1.29 is 9.90 Å². The van der Waals surface area contributed by atoms with E-state index < -0.39 is 5.97 Å². The lowest BCUT2D eigenvalue weighted by molar-refractivity contribution is 0.0695. The van der Waals surface area contributed by atoms with Gasteiger partial charge >= 0.3 is 5.97 Å². The summed E-state index contributed by atoms with van der Waals surface area (Å²) in [4.78, 5) is 26.9. The van der Waals surface area contributed by atoms with E-state index in [4.69, 9.17) is 0 Å². The molecule has 4 rings (SSSR count). The number of rotatable bonds is 4. The van der Waals surface area contributed by atoms with Gasteiger partial charge in [0, 0.05) is 56.2 Å². The fourth-order valence-corrected chi connectivity index (χ4v) is 3.43. The molecule has 4 heterocycles. The smallest absolute Gasteiger partial charge is 0.338 e. The molecule has 1 N–H and O–H groups in total. The molecule has 0 atom stereocenters. The van der Waals surface area contributed by atoms with Gasteiger partial charge in [0.1, 0.15) is 0 Å². The molecular formula is C20H18N4O2. The standard InChI is InChI=1S/C20H18N4O2/c25-20(26)18-17-5-9-24(12-14-3-7-21-8-4-14)13-16(17)11-23-19(18)15-2-1-6-22-10-15/h1-4,6-8,10-11H,5,9,12-13H2,(H,25,26). The third-order valence-corrected chi connectivity index (χ3v) is 4.65. The van der Waals surface area contributed by atoms with E-state index in [1.807, 2.05) is 24.4 Å². The average Bonchev–Trinajstić information content (AvgIpc) is 2.68. The van der Waals surface area contributed by atoms with Crippen LogP contribution >= 0.6 is 0 Å². The summed E-state index contributed by atoms with van der Waals surface area (Å²) in [6.45, 7) is 2.32. The maximum Gasteiger partial charge on any atom is 0.338 e. The van der Waals surface area contributed by atoms with Crippen molar-refractivity contribution in [1.82, 2.24) is 19.9 Å². The van der Waals surface area contributed by atoms with E-state index in [1.54, 1.807) is 30.9 Å². The van der Waals surface area contributed by atoms with Crippen LogP contribution in [-0.4, -0.2) is 37.5 Å². The van der Waals surface area contributed by atoms with Crippen molar-refractivity contribution in [2.24, 2.45) is 0 Å². The molecule has 0 saturated carbocycles. The zero-order valence-electron chi connectivity index (χ0n) is 14.2. The summed E-state index contributed by atoms with van der Waals surface area (Å²) in [5.41, 5.74) is 4.59. The van der Waals surface area contributed by atoms with Crippen molar-refractivity contribution in [1.29, 1.82) is 0 Å². The molecule has 0 amide bonds. The highest BCUT2D eigenvalue weighted by Crippen LogP contribution is 2.30. The summed E-state index contributed by atoms with van der Waals surface area (Å²) in [7, 11) is 0. The normalized spacial score (nSPS) is 14.0. The SMILES string of the molecule is O=C(O)c1c(-c2cccnc2)ncc2c1CCN(Cc1ccncc1)C2. The molecule has 0 spiro atoms. The second-order valence-corrected chi connectivity index (χ2v) is 6.35. The Bertz CT molecular complexity index is 929. The van der Waals surface area contributed by atoms with Crippen LogP contribution in [0.5, 0.6) is 0 Å². The van der Waals surface area contributed by atoms with Crippen LogP contribution in [0.25, 0.3) is 11.3 Å². The number of carbonyl (C=O) groups is 1. The Morgan fingerprint density at radius 3 is 2.69 bits per heavy atom. The molecule has 6 nitrogen and oxygen atoms in total. The van der Waals surface area contributed by atoms with E-state index in [9.17, 15) is 9.90 Å². The zero-order valence-corrected chi connectivity index (χ0v) is 14.2. The lowest BCUT2D eigenvalue weighted by atomic mass is 9.93. The first kappa shape index (κ1) is 16.4. The number of aromatic nitrogens is 3. The van der Waals surface area contributed by atoms with Gasteiger partial charge in [0.05, 0.1) is 11.3 Å². The van der Waals surface area contributed by atoms with Gasteiger partial charge in [-0.3, -0.25) is 19.9 Å². The average molecular weight is 346 g/mol. The van der Waals surface area contributed by atoms with Gasteiger partial charge in [-0.15, -0.1) is 0 Å².